The highest BCUT2D eigenvalue weighted by atomic mass is 15.1. The van der Waals surface area contributed by atoms with Gasteiger partial charge in [0.05, 0.1) is 49.8 Å². The van der Waals surface area contributed by atoms with E-state index in [9.17, 15) is 0 Å². The van der Waals surface area contributed by atoms with E-state index < -0.39 is 0 Å². The molecule has 0 fully saturated rings. The molecule has 0 aliphatic heterocycles. The largest absolute Gasteiger partial charge is 0.309 e. The molecule has 120 heavy (non-hydrogen) atoms. The van der Waals surface area contributed by atoms with Crippen molar-refractivity contribution in [1.82, 2.24) is 48.2 Å². The van der Waals surface area contributed by atoms with E-state index in [0.29, 0.717) is 34.9 Å². The van der Waals surface area contributed by atoms with Gasteiger partial charge in [0.1, 0.15) is 0 Å². The first kappa shape index (κ1) is 69.2. The molecule has 10 heteroatoms. The average Bonchev–Trinajstić information content (AvgIpc) is 1.59. The van der Waals surface area contributed by atoms with Crippen molar-refractivity contribution in [1.29, 1.82) is 0 Å². The van der Waals surface area contributed by atoms with Crippen molar-refractivity contribution in [2.45, 2.75) is 0 Å². The first-order valence-corrected chi connectivity index (χ1v) is 40.6. The van der Waals surface area contributed by atoms with Crippen LogP contribution in [-0.2, 0) is 0 Å². The van der Waals surface area contributed by atoms with Gasteiger partial charge in [-0.25, -0.2) is 29.9 Å². The molecule has 0 aliphatic rings. The Balaban J connectivity index is 0.000000140. The topological polar surface area (TPSA) is 97.1 Å². The molecule has 6 heterocycles. The molecular weight excluding hydrogens is 1460 g/mol. The van der Waals surface area contributed by atoms with E-state index in [-0.39, 0.29) is 0 Å². The minimum atomic E-state index is 0.637. The smallest absolute Gasteiger partial charge is 0.164 e. The second-order valence-electron chi connectivity index (χ2n) is 30.5. The maximum Gasteiger partial charge on any atom is 0.164 e. The van der Waals surface area contributed by atoms with Gasteiger partial charge in [-0.15, -0.1) is 0 Å². The summed E-state index contributed by atoms with van der Waals surface area (Å²) in [7, 11) is 0. The van der Waals surface area contributed by atoms with Crippen molar-refractivity contribution in [3.05, 3.63) is 425 Å². The molecule has 24 rings (SSSR count). The standard InChI is InChI=1S/2C55H35N5/c1-3-15-37(16-4-1)53-56-54(38-17-5-2-6-18-38)58-55(57-53)39-26-30-42(31-27-39)59-49-23-11-9-21-44(49)46-34-40(28-32-51(46)59)41-29-33-52-47(35-41)45-22-10-12-24-50(45)60(52)48-25-13-19-36-14-7-8-20-43(36)48;1-3-14-37(15-4-1)53-56-54(38-16-5-2-6-17-38)58-55(57-53)39-24-28-43(29-25-39)59-49-21-11-9-19-45(49)47-34-41(26-31-51(47)59)42-27-32-52-48(35-42)46-20-10-12-22-50(46)60(52)44-30-23-36-13-7-8-18-40(36)33-44/h2*1-35H. The molecule has 24 aromatic rings. The Kier molecular flexibility index (Phi) is 16.7. The van der Waals surface area contributed by atoms with Gasteiger partial charge in [-0.3, -0.25) is 0 Å². The third-order valence-corrected chi connectivity index (χ3v) is 23.5. The number of nitrogens with zero attached hydrogens (tertiary/aromatic N) is 10. The minimum Gasteiger partial charge on any atom is -0.309 e. The molecule has 0 unspecified atom stereocenters. The molecule has 0 spiro atoms. The zero-order chi connectivity index (χ0) is 79.1. The Morgan fingerprint density at radius 1 is 0.133 bits per heavy atom. The van der Waals surface area contributed by atoms with Crippen molar-refractivity contribution in [2.24, 2.45) is 0 Å². The predicted octanol–water partition coefficient (Wildman–Crippen LogP) is 27.8. The Hall–Kier alpha value is -16.3. The van der Waals surface area contributed by atoms with E-state index in [4.69, 9.17) is 29.9 Å². The molecule has 0 N–H and O–H groups in total. The van der Waals surface area contributed by atoms with Gasteiger partial charge in [-0.05, 0) is 178 Å². The third-order valence-electron chi connectivity index (χ3n) is 23.5. The van der Waals surface area contributed by atoms with Gasteiger partial charge >= 0.3 is 0 Å². The SMILES string of the molecule is c1ccc(-c2nc(-c3ccccc3)nc(-c3ccc(-n4c5ccccc5c5cc(-c6ccc7c(c6)c6ccccc6n7-c6ccc7ccccc7c6)ccc54)cc3)n2)cc1.c1ccc(-c2nc(-c3ccccc3)nc(-c3ccc(-n4c5ccccc5c5cc(-c6ccc7c(c6)c6ccccc6n7-c6cccc7ccccc67)ccc54)cc3)n2)cc1. The van der Waals surface area contributed by atoms with E-state index in [1.54, 1.807) is 0 Å². The molecule has 560 valence electrons. The van der Waals surface area contributed by atoms with Crippen LogP contribution in [0.2, 0.25) is 0 Å². The van der Waals surface area contributed by atoms with Crippen LogP contribution in [0.5, 0.6) is 0 Å². The monoisotopic (exact) mass is 1530 g/mol. The Labute approximate surface area is 690 Å². The number of hydrogen-bond acceptors (Lipinski definition) is 6. The highest BCUT2D eigenvalue weighted by Crippen LogP contribution is 2.43. The van der Waals surface area contributed by atoms with E-state index in [1.165, 1.54) is 115 Å². The molecular formula is C110H70N10. The minimum absolute atomic E-state index is 0.637. The number of hydrogen-bond donors (Lipinski definition) is 0. The van der Waals surface area contributed by atoms with Crippen LogP contribution >= 0.6 is 0 Å². The highest BCUT2D eigenvalue weighted by Gasteiger charge is 2.23. The fourth-order valence-electron chi connectivity index (χ4n) is 17.8. The molecule has 6 aromatic heterocycles. The zero-order valence-corrected chi connectivity index (χ0v) is 64.9. The molecule has 0 aliphatic carbocycles. The number of benzene rings is 18. The summed E-state index contributed by atoms with van der Waals surface area (Å²) in [5.74, 6) is 3.87. The van der Waals surface area contributed by atoms with E-state index in [2.05, 4.69) is 322 Å². The van der Waals surface area contributed by atoms with Crippen LogP contribution in [0, 0.1) is 0 Å². The number of rotatable bonds is 12. The zero-order valence-electron chi connectivity index (χ0n) is 64.9. The van der Waals surface area contributed by atoms with E-state index >= 15 is 0 Å². The van der Waals surface area contributed by atoms with E-state index in [0.717, 1.165) is 72.5 Å². The highest BCUT2D eigenvalue weighted by molar-refractivity contribution is 6.16. The second-order valence-corrected chi connectivity index (χ2v) is 30.5. The summed E-state index contributed by atoms with van der Waals surface area (Å²) in [6.07, 6.45) is 0. The molecule has 0 saturated carbocycles. The molecule has 0 bridgehead atoms. The molecule has 0 atom stereocenters. The summed E-state index contributed by atoms with van der Waals surface area (Å²) < 4.78 is 9.53. The van der Waals surface area contributed by atoms with Crippen LogP contribution in [0.15, 0.2) is 425 Å². The lowest BCUT2D eigenvalue weighted by Gasteiger charge is -2.12. The maximum atomic E-state index is 4.96. The van der Waals surface area contributed by atoms with Gasteiger partial charge in [-0.1, -0.05) is 285 Å². The Morgan fingerprint density at radius 3 is 0.750 bits per heavy atom. The van der Waals surface area contributed by atoms with Crippen LogP contribution in [0.1, 0.15) is 0 Å². The number of para-hydroxylation sites is 4. The lowest BCUT2D eigenvalue weighted by atomic mass is 10.0. The van der Waals surface area contributed by atoms with Crippen LogP contribution < -0.4 is 0 Å². The molecule has 0 saturated heterocycles. The molecule has 0 amide bonds. The van der Waals surface area contributed by atoms with Gasteiger partial charge in [0.2, 0.25) is 0 Å². The van der Waals surface area contributed by atoms with Gasteiger partial charge < -0.3 is 18.3 Å². The molecule has 0 radical (unpaired) electrons. The van der Waals surface area contributed by atoms with Gasteiger partial charge in [0.25, 0.3) is 0 Å². The normalized spacial score (nSPS) is 11.7. The van der Waals surface area contributed by atoms with Crippen molar-refractivity contribution >= 4 is 109 Å². The van der Waals surface area contributed by atoms with Crippen LogP contribution in [0.4, 0.5) is 0 Å². The third kappa shape index (κ3) is 12.0. The first-order valence-electron chi connectivity index (χ1n) is 40.6. The quantitative estimate of drug-likeness (QED) is 0.121. The van der Waals surface area contributed by atoms with Gasteiger partial charge in [-0.2, -0.15) is 0 Å². The summed E-state index contributed by atoms with van der Waals surface area (Å²) in [5, 5.41) is 14.8. The fraction of sp³-hybridized carbons (Fsp3) is 0. The van der Waals surface area contributed by atoms with Crippen LogP contribution in [0.3, 0.4) is 0 Å². The van der Waals surface area contributed by atoms with Crippen LogP contribution in [0.25, 0.3) is 222 Å². The first-order chi connectivity index (χ1) is 59.5. The second kappa shape index (κ2) is 28.9. The average molecular weight is 1530 g/mol. The van der Waals surface area contributed by atoms with Crippen molar-refractivity contribution in [3.8, 4) is 113 Å². The summed E-state index contributed by atoms with van der Waals surface area (Å²) in [5.41, 5.74) is 24.3. The van der Waals surface area contributed by atoms with Crippen molar-refractivity contribution < 1.29 is 0 Å². The van der Waals surface area contributed by atoms with Gasteiger partial charge in [0.15, 0.2) is 34.9 Å². The maximum absolute atomic E-state index is 4.96. The summed E-state index contributed by atoms with van der Waals surface area (Å²) in [6, 6.07) is 151. The number of fused-ring (bicyclic) bond motifs is 14. The van der Waals surface area contributed by atoms with Gasteiger partial charge in [0, 0.05) is 98.9 Å². The summed E-state index contributed by atoms with van der Waals surface area (Å²) in [4.78, 5) is 29.6. The lowest BCUT2D eigenvalue weighted by molar-refractivity contribution is 1.07. The molecule has 18 aromatic carbocycles. The van der Waals surface area contributed by atoms with Crippen molar-refractivity contribution in [3.63, 3.8) is 0 Å². The molecule has 10 nitrogen and oxygen atoms in total. The summed E-state index contributed by atoms with van der Waals surface area (Å²) >= 11 is 0. The number of aromatic nitrogens is 10. The summed E-state index contributed by atoms with van der Waals surface area (Å²) in [6.45, 7) is 0. The lowest BCUT2D eigenvalue weighted by Crippen LogP contribution is -2.00. The van der Waals surface area contributed by atoms with E-state index in [1.807, 2.05) is 121 Å². The van der Waals surface area contributed by atoms with Crippen LogP contribution in [-0.4, -0.2) is 48.2 Å². The van der Waals surface area contributed by atoms with Crippen molar-refractivity contribution in [2.75, 3.05) is 0 Å². The Bertz CT molecular complexity index is 8000. The Morgan fingerprint density at radius 2 is 0.383 bits per heavy atom. The fourth-order valence-corrected chi connectivity index (χ4v) is 17.8. The predicted molar refractivity (Wildman–Crippen MR) is 496 cm³/mol.